The summed E-state index contributed by atoms with van der Waals surface area (Å²) >= 11 is 0. The Morgan fingerprint density at radius 3 is 2.37 bits per heavy atom. The number of halogens is 4. The SMILES string of the molecule is CCC(NC(=O)[C@@]1(C2CC2)CC[C@@H](N2CCC(c3ccc(F)cc3)CC2)CO1)c1cccc(C(F)(F)F)c1. The molecule has 4 nitrogen and oxygen atoms in total. The monoisotopic (exact) mass is 532 g/mol. The molecule has 2 heterocycles. The van der Waals surface area contributed by atoms with E-state index >= 15 is 0 Å². The molecule has 3 fully saturated rings. The molecule has 38 heavy (non-hydrogen) atoms. The van der Waals surface area contributed by atoms with Gasteiger partial charge in [0.2, 0.25) is 0 Å². The predicted molar refractivity (Wildman–Crippen MR) is 137 cm³/mol. The van der Waals surface area contributed by atoms with Gasteiger partial charge in [0, 0.05) is 6.04 Å². The highest BCUT2D eigenvalue weighted by atomic mass is 19.4. The zero-order valence-corrected chi connectivity index (χ0v) is 21.8. The molecule has 1 saturated carbocycles. The van der Waals surface area contributed by atoms with Gasteiger partial charge in [-0.15, -0.1) is 0 Å². The Morgan fingerprint density at radius 2 is 1.79 bits per heavy atom. The van der Waals surface area contributed by atoms with Crippen molar-refractivity contribution in [3.8, 4) is 0 Å². The summed E-state index contributed by atoms with van der Waals surface area (Å²) in [5.41, 5.74) is 0.0263. The number of carbonyl (C=O) groups is 1. The van der Waals surface area contributed by atoms with Gasteiger partial charge in [-0.05, 0) is 105 Å². The number of ether oxygens (including phenoxy) is 1. The largest absolute Gasteiger partial charge is 0.416 e. The Labute approximate surface area is 221 Å². The highest BCUT2D eigenvalue weighted by Gasteiger charge is 2.54. The lowest BCUT2D eigenvalue weighted by atomic mass is 9.84. The van der Waals surface area contributed by atoms with Crippen LogP contribution in [0.1, 0.15) is 80.5 Å². The van der Waals surface area contributed by atoms with E-state index in [4.69, 9.17) is 4.74 Å². The van der Waals surface area contributed by atoms with Gasteiger partial charge in [-0.1, -0.05) is 31.2 Å². The number of nitrogens with one attached hydrogen (secondary N) is 1. The van der Waals surface area contributed by atoms with E-state index in [1.807, 2.05) is 19.1 Å². The van der Waals surface area contributed by atoms with Crippen LogP contribution in [0.25, 0.3) is 0 Å². The number of carbonyl (C=O) groups excluding carboxylic acids is 1. The zero-order chi connectivity index (χ0) is 26.9. The predicted octanol–water partition coefficient (Wildman–Crippen LogP) is 6.62. The standard InChI is InChI=1S/C30H36F4N2O2/c1-2-27(22-4-3-5-24(18-22)30(32,33)34)35-28(37)29(23-8-9-23)15-12-26(19-38-29)36-16-13-21(14-17-36)20-6-10-25(31)11-7-20/h3-7,10-11,18,21,23,26-27H,2,8-9,12-17,19H2,1H3,(H,35,37)/t26-,27?,29+/m1/s1. The van der Waals surface area contributed by atoms with Gasteiger partial charge in [0.1, 0.15) is 11.4 Å². The maximum absolute atomic E-state index is 13.6. The summed E-state index contributed by atoms with van der Waals surface area (Å²) in [6.45, 7) is 4.21. The minimum Gasteiger partial charge on any atom is -0.363 e. The van der Waals surface area contributed by atoms with Crippen molar-refractivity contribution in [3.63, 3.8) is 0 Å². The normalized spacial score (nSPS) is 26.2. The second-order valence-corrected chi connectivity index (χ2v) is 11.1. The molecule has 1 aliphatic carbocycles. The number of benzene rings is 2. The molecule has 2 aromatic rings. The van der Waals surface area contributed by atoms with Crippen molar-refractivity contribution in [1.29, 1.82) is 0 Å². The van der Waals surface area contributed by atoms with Crippen molar-refractivity contribution in [3.05, 3.63) is 71.0 Å². The Morgan fingerprint density at radius 1 is 1.08 bits per heavy atom. The molecule has 0 spiro atoms. The zero-order valence-electron chi connectivity index (χ0n) is 21.8. The van der Waals surface area contributed by atoms with Gasteiger partial charge in [-0.2, -0.15) is 13.2 Å². The first-order valence-electron chi connectivity index (χ1n) is 13.8. The summed E-state index contributed by atoms with van der Waals surface area (Å²) in [6, 6.07) is 11.8. The lowest BCUT2D eigenvalue weighted by Crippen LogP contribution is -2.57. The number of alkyl halides is 3. The van der Waals surface area contributed by atoms with Crippen molar-refractivity contribution in [2.45, 2.75) is 81.6 Å². The van der Waals surface area contributed by atoms with Crippen LogP contribution in [-0.4, -0.2) is 42.1 Å². The first-order valence-corrected chi connectivity index (χ1v) is 13.8. The Hall–Kier alpha value is -2.45. The Kier molecular flexibility index (Phi) is 7.83. The summed E-state index contributed by atoms with van der Waals surface area (Å²) in [7, 11) is 0. The number of piperidine rings is 1. The summed E-state index contributed by atoms with van der Waals surface area (Å²) < 4.78 is 59.5. The van der Waals surface area contributed by atoms with Crippen molar-refractivity contribution >= 4 is 5.91 Å². The summed E-state index contributed by atoms with van der Waals surface area (Å²) in [4.78, 5) is 16.1. The van der Waals surface area contributed by atoms with E-state index in [0.717, 1.165) is 57.3 Å². The topological polar surface area (TPSA) is 41.6 Å². The molecule has 3 atom stereocenters. The molecule has 0 aromatic heterocycles. The first-order chi connectivity index (χ1) is 18.2. The van der Waals surface area contributed by atoms with Crippen LogP contribution in [0.3, 0.4) is 0 Å². The second kappa shape index (κ2) is 11.0. The third-order valence-corrected chi connectivity index (χ3v) is 8.72. The average Bonchev–Trinajstić information content (AvgIpc) is 3.78. The van der Waals surface area contributed by atoms with Gasteiger partial charge in [-0.25, -0.2) is 4.39 Å². The molecule has 1 N–H and O–H groups in total. The molecule has 0 bridgehead atoms. The van der Waals surface area contributed by atoms with E-state index in [0.29, 0.717) is 30.9 Å². The van der Waals surface area contributed by atoms with E-state index < -0.39 is 23.4 Å². The van der Waals surface area contributed by atoms with E-state index in [2.05, 4.69) is 10.2 Å². The smallest absolute Gasteiger partial charge is 0.363 e. The van der Waals surface area contributed by atoms with Crippen LogP contribution in [0.2, 0.25) is 0 Å². The number of hydrogen-bond acceptors (Lipinski definition) is 3. The molecule has 2 aromatic carbocycles. The van der Waals surface area contributed by atoms with Gasteiger partial charge in [0.25, 0.3) is 5.91 Å². The van der Waals surface area contributed by atoms with E-state index in [1.165, 1.54) is 23.8 Å². The van der Waals surface area contributed by atoms with Crippen LogP contribution >= 0.6 is 0 Å². The number of amides is 1. The molecule has 206 valence electrons. The third-order valence-electron chi connectivity index (χ3n) is 8.72. The third kappa shape index (κ3) is 5.76. The van der Waals surface area contributed by atoms with Crippen molar-refractivity contribution in [2.75, 3.05) is 19.7 Å². The molecule has 5 rings (SSSR count). The number of nitrogens with zero attached hydrogens (tertiary/aromatic N) is 1. The molecule has 2 saturated heterocycles. The van der Waals surface area contributed by atoms with Crippen LogP contribution in [0, 0.1) is 11.7 Å². The molecule has 1 amide bonds. The number of likely N-dealkylation sites (tertiary alicyclic amines) is 1. The summed E-state index contributed by atoms with van der Waals surface area (Å²) in [6.07, 6.45) is 1.40. The first kappa shape index (κ1) is 27.1. The maximum Gasteiger partial charge on any atom is 0.416 e. The van der Waals surface area contributed by atoms with E-state index in [1.54, 1.807) is 6.07 Å². The molecular formula is C30H36F4N2O2. The minimum absolute atomic E-state index is 0.159. The maximum atomic E-state index is 13.6. The Bertz CT molecular complexity index is 1100. The van der Waals surface area contributed by atoms with Crippen LogP contribution < -0.4 is 5.32 Å². The van der Waals surface area contributed by atoms with Crippen LogP contribution in [0.5, 0.6) is 0 Å². The quantitative estimate of drug-likeness (QED) is 0.408. The van der Waals surface area contributed by atoms with Crippen molar-refractivity contribution in [1.82, 2.24) is 10.2 Å². The molecule has 8 heteroatoms. The van der Waals surface area contributed by atoms with E-state index in [9.17, 15) is 22.4 Å². The van der Waals surface area contributed by atoms with E-state index in [-0.39, 0.29) is 23.7 Å². The van der Waals surface area contributed by atoms with Gasteiger partial charge < -0.3 is 10.1 Å². The van der Waals surface area contributed by atoms with Crippen LogP contribution in [0.4, 0.5) is 17.6 Å². The Balaban J connectivity index is 1.20. The highest BCUT2D eigenvalue weighted by Crippen LogP contribution is 2.48. The van der Waals surface area contributed by atoms with Crippen LogP contribution in [0.15, 0.2) is 48.5 Å². The molecule has 1 unspecified atom stereocenters. The lowest BCUT2D eigenvalue weighted by Gasteiger charge is -2.45. The second-order valence-electron chi connectivity index (χ2n) is 11.1. The molecule has 0 radical (unpaired) electrons. The number of rotatable bonds is 7. The minimum atomic E-state index is -4.43. The fourth-order valence-electron chi connectivity index (χ4n) is 6.27. The number of hydrogen-bond donors (Lipinski definition) is 1. The molecule has 3 aliphatic rings. The summed E-state index contributed by atoms with van der Waals surface area (Å²) in [5.74, 6) is 0.174. The van der Waals surface area contributed by atoms with Crippen molar-refractivity contribution in [2.24, 2.45) is 5.92 Å². The average molecular weight is 533 g/mol. The van der Waals surface area contributed by atoms with Gasteiger partial charge in [-0.3, -0.25) is 9.69 Å². The lowest BCUT2D eigenvalue weighted by molar-refractivity contribution is -0.166. The highest BCUT2D eigenvalue weighted by molar-refractivity contribution is 5.86. The molecule has 2 aliphatic heterocycles. The van der Waals surface area contributed by atoms with Gasteiger partial charge in [0.15, 0.2) is 0 Å². The van der Waals surface area contributed by atoms with Gasteiger partial charge in [0.05, 0.1) is 18.2 Å². The van der Waals surface area contributed by atoms with Gasteiger partial charge >= 0.3 is 6.18 Å². The molecular weight excluding hydrogens is 496 g/mol. The van der Waals surface area contributed by atoms with Crippen molar-refractivity contribution < 1.29 is 27.1 Å². The summed E-state index contributed by atoms with van der Waals surface area (Å²) in [5, 5.41) is 3.04. The van der Waals surface area contributed by atoms with Crippen LogP contribution in [-0.2, 0) is 15.7 Å². The fourth-order valence-corrected chi connectivity index (χ4v) is 6.27. The fraction of sp³-hybridized carbons (Fsp3) is 0.567.